The number of piperidine rings is 1. The Morgan fingerprint density at radius 1 is 1.31 bits per heavy atom. The molecule has 1 aliphatic heterocycles. The van der Waals surface area contributed by atoms with E-state index in [1.165, 1.54) is 6.42 Å². The summed E-state index contributed by atoms with van der Waals surface area (Å²) in [6, 6.07) is 3.27. The number of hydrogen-bond acceptors (Lipinski definition) is 3. The van der Waals surface area contributed by atoms with E-state index in [2.05, 4.69) is 9.88 Å². The van der Waals surface area contributed by atoms with E-state index in [4.69, 9.17) is 5.11 Å². The van der Waals surface area contributed by atoms with Gasteiger partial charge in [-0.15, -0.1) is 0 Å². The average molecular weight is 220 g/mol. The van der Waals surface area contributed by atoms with Gasteiger partial charge in [0.15, 0.2) is 0 Å². The van der Waals surface area contributed by atoms with Gasteiger partial charge in [-0.25, -0.2) is 9.78 Å². The van der Waals surface area contributed by atoms with Gasteiger partial charge in [0.05, 0.1) is 5.56 Å². The van der Waals surface area contributed by atoms with Crippen molar-refractivity contribution in [2.24, 2.45) is 0 Å². The van der Waals surface area contributed by atoms with Gasteiger partial charge in [0.25, 0.3) is 0 Å². The molecule has 4 nitrogen and oxygen atoms in total. The van der Waals surface area contributed by atoms with Crippen LogP contribution in [0.2, 0.25) is 0 Å². The molecule has 16 heavy (non-hydrogen) atoms. The highest BCUT2D eigenvalue weighted by atomic mass is 16.4. The lowest BCUT2D eigenvalue weighted by Crippen LogP contribution is -2.30. The zero-order valence-electron chi connectivity index (χ0n) is 9.44. The summed E-state index contributed by atoms with van der Waals surface area (Å²) in [6.45, 7) is 3.80. The van der Waals surface area contributed by atoms with Crippen LogP contribution >= 0.6 is 0 Å². The minimum atomic E-state index is -0.885. The highest BCUT2D eigenvalue weighted by Gasteiger charge is 2.14. The molecule has 0 bridgehead atoms. The van der Waals surface area contributed by atoms with Gasteiger partial charge >= 0.3 is 5.97 Å². The fourth-order valence-electron chi connectivity index (χ4n) is 2.06. The maximum absolute atomic E-state index is 10.9. The third-order valence-electron chi connectivity index (χ3n) is 2.87. The zero-order valence-corrected chi connectivity index (χ0v) is 9.44. The number of carbonyl (C=O) groups is 1. The summed E-state index contributed by atoms with van der Waals surface area (Å²) in [5, 5.41) is 8.99. The molecule has 0 amide bonds. The Bertz CT molecular complexity index is 398. The topological polar surface area (TPSA) is 53.4 Å². The number of aryl methyl sites for hydroxylation is 1. The number of aromatic carboxylic acids is 1. The van der Waals surface area contributed by atoms with Crippen molar-refractivity contribution in [3.63, 3.8) is 0 Å². The van der Waals surface area contributed by atoms with Crippen molar-refractivity contribution in [1.82, 2.24) is 4.98 Å². The Hall–Kier alpha value is -1.58. The summed E-state index contributed by atoms with van der Waals surface area (Å²) in [4.78, 5) is 17.5. The number of carboxylic acid groups (broad SMARTS) is 1. The molecule has 0 atom stereocenters. The van der Waals surface area contributed by atoms with Crippen molar-refractivity contribution in [2.75, 3.05) is 18.0 Å². The molecule has 0 radical (unpaired) electrons. The van der Waals surface area contributed by atoms with Gasteiger partial charge < -0.3 is 10.0 Å². The summed E-state index contributed by atoms with van der Waals surface area (Å²) in [6.07, 6.45) is 3.59. The van der Waals surface area contributed by atoms with Gasteiger partial charge in [-0.3, -0.25) is 0 Å². The summed E-state index contributed by atoms with van der Waals surface area (Å²) >= 11 is 0. The van der Waals surface area contributed by atoms with Crippen molar-refractivity contribution in [3.05, 3.63) is 23.4 Å². The fraction of sp³-hybridized carbons (Fsp3) is 0.500. The fourth-order valence-corrected chi connectivity index (χ4v) is 2.06. The van der Waals surface area contributed by atoms with E-state index in [9.17, 15) is 4.79 Å². The largest absolute Gasteiger partial charge is 0.478 e. The van der Waals surface area contributed by atoms with Gasteiger partial charge in [-0.1, -0.05) is 0 Å². The molecular weight excluding hydrogens is 204 g/mol. The quantitative estimate of drug-likeness (QED) is 0.829. The van der Waals surface area contributed by atoms with E-state index in [-0.39, 0.29) is 0 Å². The van der Waals surface area contributed by atoms with Crippen LogP contribution in [0.5, 0.6) is 0 Å². The van der Waals surface area contributed by atoms with Crippen LogP contribution in [-0.2, 0) is 0 Å². The minimum Gasteiger partial charge on any atom is -0.478 e. The van der Waals surface area contributed by atoms with E-state index in [1.54, 1.807) is 12.1 Å². The average Bonchev–Trinajstić information content (AvgIpc) is 2.29. The number of carboxylic acids is 1. The van der Waals surface area contributed by atoms with Gasteiger partial charge in [0.2, 0.25) is 0 Å². The predicted octanol–water partition coefficient (Wildman–Crippen LogP) is 2.08. The standard InChI is InChI=1S/C12H16N2O2/c1-9-7-10(12(15)16)8-11(13-9)14-5-3-2-4-6-14/h7-8H,2-6H2,1H3,(H,15,16). The minimum absolute atomic E-state index is 0.327. The van der Waals surface area contributed by atoms with Crippen LogP contribution in [0.1, 0.15) is 35.3 Å². The Morgan fingerprint density at radius 2 is 2.00 bits per heavy atom. The molecule has 2 rings (SSSR count). The second-order valence-electron chi connectivity index (χ2n) is 4.21. The van der Waals surface area contributed by atoms with E-state index in [0.717, 1.165) is 37.4 Å². The maximum atomic E-state index is 10.9. The van der Waals surface area contributed by atoms with Crippen LogP contribution in [0.25, 0.3) is 0 Å². The highest BCUT2D eigenvalue weighted by Crippen LogP contribution is 2.19. The molecule has 4 heteroatoms. The second kappa shape index (κ2) is 4.51. The first-order valence-corrected chi connectivity index (χ1v) is 5.64. The van der Waals surface area contributed by atoms with Crippen LogP contribution in [0.3, 0.4) is 0 Å². The molecule has 1 aromatic rings. The normalized spacial score (nSPS) is 16.2. The Kier molecular flexibility index (Phi) is 3.08. The lowest BCUT2D eigenvalue weighted by atomic mass is 10.1. The molecule has 1 saturated heterocycles. The molecule has 0 spiro atoms. The van der Waals surface area contributed by atoms with Crippen molar-refractivity contribution in [1.29, 1.82) is 0 Å². The molecule has 1 aromatic heterocycles. The number of aromatic nitrogens is 1. The molecule has 1 aliphatic rings. The van der Waals surface area contributed by atoms with Crippen LogP contribution < -0.4 is 4.90 Å². The molecule has 1 N–H and O–H groups in total. The van der Waals surface area contributed by atoms with Gasteiger partial charge in [0.1, 0.15) is 5.82 Å². The lowest BCUT2D eigenvalue weighted by Gasteiger charge is -2.28. The third-order valence-corrected chi connectivity index (χ3v) is 2.87. The smallest absolute Gasteiger partial charge is 0.335 e. The summed E-state index contributed by atoms with van der Waals surface area (Å²) in [7, 11) is 0. The lowest BCUT2D eigenvalue weighted by molar-refractivity contribution is 0.0696. The van der Waals surface area contributed by atoms with Crippen LogP contribution in [0, 0.1) is 6.92 Å². The Morgan fingerprint density at radius 3 is 2.62 bits per heavy atom. The molecular formula is C12H16N2O2. The van der Waals surface area contributed by atoms with Crippen molar-refractivity contribution >= 4 is 11.8 Å². The summed E-state index contributed by atoms with van der Waals surface area (Å²) < 4.78 is 0. The Balaban J connectivity index is 2.28. The van der Waals surface area contributed by atoms with E-state index < -0.39 is 5.97 Å². The van der Waals surface area contributed by atoms with E-state index >= 15 is 0 Å². The first kappa shape index (κ1) is 10.9. The van der Waals surface area contributed by atoms with Crippen molar-refractivity contribution in [2.45, 2.75) is 26.2 Å². The van der Waals surface area contributed by atoms with Crippen molar-refractivity contribution in [3.8, 4) is 0 Å². The van der Waals surface area contributed by atoms with Crippen LogP contribution in [0.15, 0.2) is 12.1 Å². The van der Waals surface area contributed by atoms with Gasteiger partial charge in [-0.2, -0.15) is 0 Å². The third kappa shape index (κ3) is 2.32. The van der Waals surface area contributed by atoms with Gasteiger partial charge in [-0.05, 0) is 38.3 Å². The monoisotopic (exact) mass is 220 g/mol. The van der Waals surface area contributed by atoms with E-state index in [1.807, 2.05) is 6.92 Å². The number of anilines is 1. The second-order valence-corrected chi connectivity index (χ2v) is 4.21. The van der Waals surface area contributed by atoms with Gasteiger partial charge in [0, 0.05) is 18.8 Å². The molecule has 0 aliphatic carbocycles. The first-order valence-electron chi connectivity index (χ1n) is 5.64. The predicted molar refractivity (Wildman–Crippen MR) is 62.0 cm³/mol. The number of rotatable bonds is 2. The number of nitrogens with zero attached hydrogens (tertiary/aromatic N) is 2. The summed E-state index contributed by atoms with van der Waals surface area (Å²) in [5.41, 5.74) is 1.09. The SMILES string of the molecule is Cc1cc(C(=O)O)cc(N2CCCCC2)n1. The number of hydrogen-bond donors (Lipinski definition) is 1. The van der Waals surface area contributed by atoms with E-state index in [0.29, 0.717) is 5.56 Å². The molecule has 86 valence electrons. The molecule has 1 fully saturated rings. The van der Waals surface area contributed by atoms with Crippen LogP contribution in [-0.4, -0.2) is 29.1 Å². The summed E-state index contributed by atoms with van der Waals surface area (Å²) in [5.74, 6) is -0.0825. The maximum Gasteiger partial charge on any atom is 0.335 e. The van der Waals surface area contributed by atoms with Crippen molar-refractivity contribution < 1.29 is 9.90 Å². The molecule has 0 unspecified atom stereocenters. The first-order chi connectivity index (χ1) is 7.66. The Labute approximate surface area is 94.9 Å². The molecule has 0 aromatic carbocycles. The molecule has 0 saturated carbocycles. The number of pyridine rings is 1. The zero-order chi connectivity index (χ0) is 11.5. The molecule has 2 heterocycles. The van der Waals surface area contributed by atoms with Crippen LogP contribution in [0.4, 0.5) is 5.82 Å². The highest BCUT2D eigenvalue weighted by molar-refractivity contribution is 5.88.